The van der Waals surface area contributed by atoms with Gasteiger partial charge < -0.3 is 10.2 Å². The summed E-state index contributed by atoms with van der Waals surface area (Å²) in [6, 6.07) is 14.4. The molecule has 2 aromatic rings. The third-order valence-electron chi connectivity index (χ3n) is 3.73. The Kier molecular flexibility index (Phi) is 7.45. The highest BCUT2D eigenvalue weighted by Crippen LogP contribution is 2.20. The van der Waals surface area contributed by atoms with Crippen molar-refractivity contribution in [2.75, 3.05) is 32.5 Å². The smallest absolute Gasteiger partial charge is 0.244 e. The third-order valence-corrected chi connectivity index (χ3v) is 4.31. The summed E-state index contributed by atoms with van der Waals surface area (Å²) in [5, 5.41) is 3.84. The van der Waals surface area contributed by atoms with Gasteiger partial charge in [-0.2, -0.15) is 0 Å². The lowest BCUT2D eigenvalue weighted by atomic mass is 10.2. The molecule has 26 heavy (non-hydrogen) atoms. The Labute approximate surface area is 163 Å². The topological polar surface area (TPSA) is 52.7 Å². The number of anilines is 1. The molecule has 2 amide bonds. The molecule has 0 atom stereocenters. The predicted octanol–water partition coefficient (Wildman–Crippen LogP) is 3.52. The normalized spacial score (nSPS) is 10.7. The van der Waals surface area contributed by atoms with E-state index in [1.807, 2.05) is 36.2 Å². The van der Waals surface area contributed by atoms with E-state index in [9.17, 15) is 9.59 Å². The van der Waals surface area contributed by atoms with Gasteiger partial charge in [-0.05, 0) is 36.9 Å². The maximum absolute atomic E-state index is 12.3. The minimum absolute atomic E-state index is 0.0428. The van der Waals surface area contributed by atoms with Crippen molar-refractivity contribution in [3.8, 4) is 0 Å². The SMILES string of the molecule is CN(CC(=O)N(C)CC(=O)Nc1ccccc1Cl)Cc1ccc(Cl)cc1. The highest BCUT2D eigenvalue weighted by molar-refractivity contribution is 6.33. The van der Waals surface area contributed by atoms with Gasteiger partial charge in [0.1, 0.15) is 0 Å². The first-order valence-corrected chi connectivity index (χ1v) is 8.82. The van der Waals surface area contributed by atoms with Crippen LogP contribution in [0.2, 0.25) is 10.0 Å². The largest absolute Gasteiger partial charge is 0.335 e. The lowest BCUT2D eigenvalue weighted by molar-refractivity contribution is -0.134. The van der Waals surface area contributed by atoms with E-state index in [0.717, 1.165) is 5.56 Å². The van der Waals surface area contributed by atoms with E-state index in [-0.39, 0.29) is 24.9 Å². The van der Waals surface area contributed by atoms with Crippen molar-refractivity contribution in [3.05, 3.63) is 64.1 Å². The maximum Gasteiger partial charge on any atom is 0.244 e. The van der Waals surface area contributed by atoms with Gasteiger partial charge in [0.2, 0.25) is 11.8 Å². The first-order valence-electron chi connectivity index (χ1n) is 8.06. The number of carbonyl (C=O) groups excluding carboxylic acids is 2. The van der Waals surface area contributed by atoms with Crippen LogP contribution < -0.4 is 5.32 Å². The summed E-state index contributed by atoms with van der Waals surface area (Å²) in [5.74, 6) is -0.440. The van der Waals surface area contributed by atoms with E-state index in [1.54, 1.807) is 31.3 Å². The van der Waals surface area contributed by atoms with Crippen LogP contribution in [-0.2, 0) is 16.1 Å². The number of nitrogens with one attached hydrogen (secondary N) is 1. The average Bonchev–Trinajstić information content (AvgIpc) is 2.58. The molecule has 0 spiro atoms. The maximum atomic E-state index is 12.3. The lowest BCUT2D eigenvalue weighted by Gasteiger charge is -2.21. The molecule has 0 aromatic heterocycles. The molecular weight excluding hydrogens is 373 g/mol. The van der Waals surface area contributed by atoms with Crippen LogP contribution >= 0.6 is 23.2 Å². The van der Waals surface area contributed by atoms with Crippen molar-refractivity contribution in [3.63, 3.8) is 0 Å². The number of hydrogen-bond acceptors (Lipinski definition) is 3. The molecule has 0 aliphatic rings. The zero-order valence-corrected chi connectivity index (χ0v) is 16.2. The van der Waals surface area contributed by atoms with E-state index in [4.69, 9.17) is 23.2 Å². The second-order valence-electron chi connectivity index (χ2n) is 6.08. The molecule has 2 aromatic carbocycles. The van der Waals surface area contributed by atoms with E-state index >= 15 is 0 Å². The van der Waals surface area contributed by atoms with Gasteiger partial charge in [0, 0.05) is 18.6 Å². The molecular formula is C19H21Cl2N3O2. The minimum atomic E-state index is -0.297. The molecule has 0 heterocycles. The zero-order chi connectivity index (χ0) is 19.1. The molecule has 0 radical (unpaired) electrons. The van der Waals surface area contributed by atoms with E-state index in [2.05, 4.69) is 5.32 Å². The van der Waals surface area contributed by atoms with Crippen molar-refractivity contribution in [1.82, 2.24) is 9.80 Å². The second kappa shape index (κ2) is 9.57. The Bertz CT molecular complexity index is 766. The van der Waals surface area contributed by atoms with E-state index in [1.165, 1.54) is 4.90 Å². The number of rotatable bonds is 7. The second-order valence-corrected chi connectivity index (χ2v) is 6.92. The molecule has 0 bridgehead atoms. The molecule has 0 unspecified atom stereocenters. The van der Waals surface area contributed by atoms with Gasteiger partial charge >= 0.3 is 0 Å². The van der Waals surface area contributed by atoms with Crippen LogP contribution in [0.1, 0.15) is 5.56 Å². The number of carbonyl (C=O) groups is 2. The van der Waals surface area contributed by atoms with Crippen molar-refractivity contribution in [2.45, 2.75) is 6.54 Å². The summed E-state index contributed by atoms with van der Waals surface area (Å²) in [5.41, 5.74) is 1.59. The Hall–Kier alpha value is -2.08. The third kappa shape index (κ3) is 6.33. The van der Waals surface area contributed by atoms with Gasteiger partial charge in [-0.25, -0.2) is 0 Å². The Balaban J connectivity index is 1.81. The standard InChI is InChI=1S/C19H21Cl2N3O2/c1-23(11-14-7-9-15(20)10-8-14)13-19(26)24(2)12-18(25)22-17-6-4-3-5-16(17)21/h3-10H,11-13H2,1-2H3,(H,22,25). The number of hydrogen-bond donors (Lipinski definition) is 1. The first kappa shape index (κ1) is 20.2. The summed E-state index contributed by atoms with van der Waals surface area (Å²) in [4.78, 5) is 27.7. The monoisotopic (exact) mass is 393 g/mol. The van der Waals surface area contributed by atoms with Crippen LogP contribution in [0.3, 0.4) is 0 Å². The van der Waals surface area contributed by atoms with Gasteiger partial charge in [0.15, 0.2) is 0 Å². The van der Waals surface area contributed by atoms with Crippen molar-refractivity contribution in [2.24, 2.45) is 0 Å². The van der Waals surface area contributed by atoms with Crippen LogP contribution in [0.15, 0.2) is 48.5 Å². The Morgan fingerprint density at radius 2 is 1.62 bits per heavy atom. The quantitative estimate of drug-likeness (QED) is 0.782. The fourth-order valence-electron chi connectivity index (χ4n) is 2.36. The number of para-hydroxylation sites is 1. The van der Waals surface area contributed by atoms with E-state index < -0.39 is 0 Å². The summed E-state index contributed by atoms with van der Waals surface area (Å²) in [6.45, 7) is 0.778. The van der Waals surface area contributed by atoms with Crippen LogP contribution in [0, 0.1) is 0 Å². The first-order chi connectivity index (χ1) is 12.3. The van der Waals surface area contributed by atoms with Gasteiger partial charge in [0.05, 0.1) is 23.8 Å². The van der Waals surface area contributed by atoms with Crippen LogP contribution in [0.25, 0.3) is 0 Å². The molecule has 7 heteroatoms. The predicted molar refractivity (Wildman–Crippen MR) is 106 cm³/mol. The van der Waals surface area contributed by atoms with Crippen molar-refractivity contribution < 1.29 is 9.59 Å². The molecule has 0 aliphatic carbocycles. The zero-order valence-electron chi connectivity index (χ0n) is 14.7. The number of amides is 2. The van der Waals surface area contributed by atoms with Gasteiger partial charge in [-0.1, -0.05) is 47.5 Å². The van der Waals surface area contributed by atoms with Gasteiger partial charge in [0.25, 0.3) is 0 Å². The summed E-state index contributed by atoms with van der Waals surface area (Å²) >= 11 is 11.9. The van der Waals surface area contributed by atoms with Gasteiger partial charge in [-0.3, -0.25) is 14.5 Å². The van der Waals surface area contributed by atoms with Crippen LogP contribution in [0.5, 0.6) is 0 Å². The molecule has 0 fully saturated rings. The lowest BCUT2D eigenvalue weighted by Crippen LogP contribution is -2.40. The summed E-state index contributed by atoms with van der Waals surface area (Å²) in [7, 11) is 3.45. The molecule has 1 N–H and O–H groups in total. The van der Waals surface area contributed by atoms with Crippen LogP contribution in [0.4, 0.5) is 5.69 Å². The number of benzene rings is 2. The highest BCUT2D eigenvalue weighted by atomic mass is 35.5. The Morgan fingerprint density at radius 1 is 0.962 bits per heavy atom. The van der Waals surface area contributed by atoms with Crippen LogP contribution in [-0.4, -0.2) is 48.8 Å². The fraction of sp³-hybridized carbons (Fsp3) is 0.263. The molecule has 5 nitrogen and oxygen atoms in total. The average molecular weight is 394 g/mol. The highest BCUT2D eigenvalue weighted by Gasteiger charge is 2.15. The number of halogens is 2. The van der Waals surface area contributed by atoms with Crippen molar-refractivity contribution >= 4 is 40.7 Å². The molecule has 2 rings (SSSR count). The fourth-order valence-corrected chi connectivity index (χ4v) is 2.67. The summed E-state index contributed by atoms with van der Waals surface area (Å²) in [6.07, 6.45) is 0. The number of likely N-dealkylation sites (N-methyl/N-ethyl adjacent to an activating group) is 2. The minimum Gasteiger partial charge on any atom is -0.335 e. The molecule has 0 aliphatic heterocycles. The van der Waals surface area contributed by atoms with Crippen molar-refractivity contribution in [1.29, 1.82) is 0 Å². The molecule has 138 valence electrons. The number of nitrogens with zero attached hydrogens (tertiary/aromatic N) is 2. The van der Waals surface area contributed by atoms with Gasteiger partial charge in [-0.15, -0.1) is 0 Å². The molecule has 0 saturated heterocycles. The Morgan fingerprint density at radius 3 is 2.27 bits per heavy atom. The molecule has 0 saturated carbocycles. The summed E-state index contributed by atoms with van der Waals surface area (Å²) < 4.78 is 0. The van der Waals surface area contributed by atoms with E-state index in [0.29, 0.717) is 22.3 Å².